The summed E-state index contributed by atoms with van der Waals surface area (Å²) in [4.78, 5) is 33.7. The van der Waals surface area contributed by atoms with Gasteiger partial charge in [-0.2, -0.15) is 13.2 Å². The molecule has 3 aromatic rings. The summed E-state index contributed by atoms with van der Waals surface area (Å²) in [6.45, 7) is -0.386. The molecular formula is C26H23ClF4N4O4. The molecule has 2 bridgehead atoms. The van der Waals surface area contributed by atoms with Crippen molar-refractivity contribution in [3.8, 4) is 5.75 Å². The van der Waals surface area contributed by atoms with Crippen molar-refractivity contribution in [2.24, 2.45) is 0 Å². The van der Waals surface area contributed by atoms with Gasteiger partial charge in [-0.25, -0.2) is 9.37 Å². The van der Waals surface area contributed by atoms with Gasteiger partial charge in [0.15, 0.2) is 6.61 Å². The molecule has 0 radical (unpaired) electrons. The highest BCUT2D eigenvalue weighted by Gasteiger charge is 2.55. The van der Waals surface area contributed by atoms with E-state index < -0.39 is 46.6 Å². The first-order valence-electron chi connectivity index (χ1n) is 12.1. The Labute approximate surface area is 224 Å². The third-order valence-electron chi connectivity index (χ3n) is 7.45. The molecule has 1 heterocycles. The van der Waals surface area contributed by atoms with E-state index in [1.165, 1.54) is 12.1 Å². The van der Waals surface area contributed by atoms with Crippen molar-refractivity contribution in [2.45, 2.75) is 55.5 Å². The predicted molar refractivity (Wildman–Crippen MR) is 132 cm³/mol. The van der Waals surface area contributed by atoms with E-state index in [1.807, 2.05) is 0 Å². The Morgan fingerprint density at radius 3 is 2.49 bits per heavy atom. The summed E-state index contributed by atoms with van der Waals surface area (Å²) >= 11 is 5.64. The summed E-state index contributed by atoms with van der Waals surface area (Å²) in [5.41, 5.74) is -2.40. The van der Waals surface area contributed by atoms with E-state index in [-0.39, 0.29) is 40.5 Å². The first-order valence-corrected chi connectivity index (χ1v) is 12.5. The fourth-order valence-corrected chi connectivity index (χ4v) is 5.41. The number of carbonyl (C=O) groups is 2. The van der Waals surface area contributed by atoms with Crippen LogP contribution in [-0.4, -0.2) is 50.7 Å². The SMILES string of the molecule is O=C(COc1ccc(Cl)c(F)c1)NC12CCC(NC(=O)c3cnc4cc(C(F)(F)F)ccc4n3)(CC1)C[C@@H]2O. The molecule has 1 atom stereocenters. The maximum Gasteiger partial charge on any atom is 0.416 e. The van der Waals surface area contributed by atoms with E-state index in [0.717, 1.165) is 30.5 Å². The summed E-state index contributed by atoms with van der Waals surface area (Å²) in [6, 6.07) is 6.73. The molecule has 8 nitrogen and oxygen atoms in total. The molecule has 3 N–H and O–H groups in total. The number of aliphatic hydroxyl groups is 1. The molecule has 0 unspecified atom stereocenters. The maximum absolute atomic E-state index is 13.6. The van der Waals surface area contributed by atoms with Crippen LogP contribution in [0.3, 0.4) is 0 Å². The molecule has 3 fully saturated rings. The highest BCUT2D eigenvalue weighted by atomic mass is 35.5. The van der Waals surface area contributed by atoms with Crippen LogP contribution in [0.25, 0.3) is 11.0 Å². The molecule has 3 aliphatic carbocycles. The molecule has 0 saturated heterocycles. The van der Waals surface area contributed by atoms with Crippen molar-refractivity contribution in [1.29, 1.82) is 0 Å². The van der Waals surface area contributed by atoms with Gasteiger partial charge in [-0.3, -0.25) is 14.6 Å². The molecule has 3 aliphatic rings. The summed E-state index contributed by atoms with van der Waals surface area (Å²) in [5.74, 6) is -1.58. The smallest absolute Gasteiger partial charge is 0.416 e. The molecule has 13 heteroatoms. The van der Waals surface area contributed by atoms with Crippen LogP contribution in [0.2, 0.25) is 5.02 Å². The van der Waals surface area contributed by atoms with Gasteiger partial charge in [0.25, 0.3) is 11.8 Å². The lowest BCUT2D eigenvalue weighted by Crippen LogP contribution is -2.70. The Hall–Kier alpha value is -3.51. The molecule has 6 rings (SSSR count). The van der Waals surface area contributed by atoms with Crippen molar-refractivity contribution >= 4 is 34.4 Å². The Balaban J connectivity index is 1.21. The molecule has 0 spiro atoms. The predicted octanol–water partition coefficient (Wildman–Crippen LogP) is 4.18. The lowest BCUT2D eigenvalue weighted by atomic mass is 9.60. The second-order valence-corrected chi connectivity index (χ2v) is 10.4. The fourth-order valence-electron chi connectivity index (χ4n) is 5.29. The molecule has 39 heavy (non-hydrogen) atoms. The van der Waals surface area contributed by atoms with Gasteiger partial charge < -0.3 is 20.5 Å². The van der Waals surface area contributed by atoms with Gasteiger partial charge in [-0.05, 0) is 62.4 Å². The van der Waals surface area contributed by atoms with Gasteiger partial charge in [0.05, 0.1) is 39.5 Å². The van der Waals surface area contributed by atoms with Gasteiger partial charge in [0, 0.05) is 11.6 Å². The minimum atomic E-state index is -4.52. The van der Waals surface area contributed by atoms with Crippen LogP contribution < -0.4 is 15.4 Å². The number of hydrogen-bond donors (Lipinski definition) is 3. The Bertz CT molecular complexity index is 1440. The molecule has 206 valence electrons. The van der Waals surface area contributed by atoms with E-state index in [9.17, 15) is 32.3 Å². The van der Waals surface area contributed by atoms with E-state index in [2.05, 4.69) is 20.6 Å². The van der Waals surface area contributed by atoms with Gasteiger partial charge >= 0.3 is 6.18 Å². The van der Waals surface area contributed by atoms with Crippen molar-refractivity contribution in [3.05, 3.63) is 64.7 Å². The highest BCUT2D eigenvalue weighted by Crippen LogP contribution is 2.47. The number of fused-ring (bicyclic) bond motifs is 4. The van der Waals surface area contributed by atoms with Crippen LogP contribution in [0.1, 0.15) is 48.2 Å². The zero-order valence-corrected chi connectivity index (χ0v) is 21.1. The van der Waals surface area contributed by atoms with Gasteiger partial charge in [0.2, 0.25) is 0 Å². The second kappa shape index (κ2) is 9.91. The Kier molecular flexibility index (Phi) is 6.88. The van der Waals surface area contributed by atoms with Crippen LogP contribution in [0.15, 0.2) is 42.6 Å². The van der Waals surface area contributed by atoms with Crippen LogP contribution in [-0.2, 0) is 11.0 Å². The van der Waals surface area contributed by atoms with Crippen molar-refractivity contribution in [2.75, 3.05) is 6.61 Å². The number of alkyl halides is 3. The average molecular weight is 567 g/mol. The Morgan fingerprint density at radius 1 is 1.08 bits per heavy atom. The lowest BCUT2D eigenvalue weighted by Gasteiger charge is -2.56. The molecule has 1 aromatic heterocycles. The topological polar surface area (TPSA) is 113 Å². The first kappa shape index (κ1) is 27.1. The van der Waals surface area contributed by atoms with Gasteiger partial charge in [-0.15, -0.1) is 0 Å². The van der Waals surface area contributed by atoms with Crippen molar-refractivity contribution < 1.29 is 37.0 Å². The summed E-state index contributed by atoms with van der Waals surface area (Å²) in [6.07, 6.45) is -2.47. The molecule has 2 aromatic carbocycles. The number of ether oxygens (including phenoxy) is 1. The van der Waals surface area contributed by atoms with Crippen LogP contribution in [0, 0.1) is 5.82 Å². The van der Waals surface area contributed by atoms with E-state index in [4.69, 9.17) is 16.3 Å². The lowest BCUT2D eigenvalue weighted by molar-refractivity contribution is -0.137. The van der Waals surface area contributed by atoms with Gasteiger partial charge in [-0.1, -0.05) is 11.6 Å². The summed E-state index contributed by atoms with van der Waals surface area (Å²) in [7, 11) is 0. The van der Waals surface area contributed by atoms with Crippen LogP contribution >= 0.6 is 11.6 Å². The van der Waals surface area contributed by atoms with Crippen molar-refractivity contribution in [3.63, 3.8) is 0 Å². The number of carbonyl (C=O) groups excluding carboxylic acids is 2. The zero-order valence-electron chi connectivity index (χ0n) is 20.3. The second-order valence-electron chi connectivity index (χ2n) is 9.98. The third kappa shape index (κ3) is 5.48. The summed E-state index contributed by atoms with van der Waals surface area (Å²) < 4.78 is 57.8. The molecule has 3 saturated carbocycles. The van der Waals surface area contributed by atoms with Crippen LogP contribution in [0.5, 0.6) is 5.75 Å². The van der Waals surface area contributed by atoms with Crippen molar-refractivity contribution in [1.82, 2.24) is 20.6 Å². The minimum Gasteiger partial charge on any atom is -0.484 e. The minimum absolute atomic E-state index is 0.0102. The number of rotatable bonds is 6. The normalized spacial score (nSPS) is 24.4. The number of aliphatic hydroxyl groups excluding tert-OH is 1. The Morgan fingerprint density at radius 2 is 1.82 bits per heavy atom. The third-order valence-corrected chi connectivity index (χ3v) is 7.76. The number of hydrogen-bond acceptors (Lipinski definition) is 6. The van der Waals surface area contributed by atoms with E-state index >= 15 is 0 Å². The quantitative estimate of drug-likeness (QED) is 0.386. The number of benzene rings is 2. The van der Waals surface area contributed by atoms with Gasteiger partial charge in [0.1, 0.15) is 17.3 Å². The zero-order chi connectivity index (χ0) is 28.0. The maximum atomic E-state index is 13.6. The van der Waals surface area contributed by atoms with E-state index in [1.54, 1.807) is 0 Å². The fraction of sp³-hybridized carbons (Fsp3) is 0.385. The van der Waals surface area contributed by atoms with E-state index in [0.29, 0.717) is 25.7 Å². The number of amides is 2. The molecule has 0 aliphatic heterocycles. The highest BCUT2D eigenvalue weighted by molar-refractivity contribution is 6.30. The standard InChI is InChI=1S/C26H23ClF4N4O4/c27-16-3-2-15(10-17(16)28)39-13-22(37)34-25-7-5-24(6-8-25,11-21(25)36)35-23(38)20-12-32-19-9-14(26(29,30)31)1-4-18(19)33-20/h1-4,9-10,12,21,36H,5-8,11,13H2,(H,34,37)(H,35,38)/t21-,24?,25?/m0/s1. The first-order chi connectivity index (χ1) is 18.4. The summed E-state index contributed by atoms with van der Waals surface area (Å²) in [5, 5.41) is 16.7. The largest absolute Gasteiger partial charge is 0.484 e. The molecular weight excluding hydrogens is 544 g/mol. The molecule has 2 amide bonds. The van der Waals surface area contributed by atoms with Crippen LogP contribution in [0.4, 0.5) is 17.6 Å². The number of nitrogens with one attached hydrogen (secondary N) is 2. The monoisotopic (exact) mass is 566 g/mol. The number of nitrogens with zero attached hydrogens (tertiary/aromatic N) is 2. The number of halogens is 5. The number of aromatic nitrogens is 2. The average Bonchev–Trinajstić information content (AvgIpc) is 2.89.